The number of hydrogen-bond donors (Lipinski definition) is 2. The quantitative estimate of drug-likeness (QED) is 0.860. The summed E-state index contributed by atoms with van der Waals surface area (Å²) in [6.07, 6.45) is -1.50. The molecule has 1 aromatic carbocycles. The number of rotatable bonds is 4. The Balaban J connectivity index is 1.95. The van der Waals surface area contributed by atoms with Crippen molar-refractivity contribution in [1.29, 1.82) is 0 Å². The monoisotopic (exact) mass is 364 g/mol. The van der Waals surface area contributed by atoms with E-state index in [1.807, 2.05) is 0 Å². The van der Waals surface area contributed by atoms with Crippen molar-refractivity contribution in [2.24, 2.45) is 0 Å². The maximum atomic E-state index is 12.8. The molecule has 7 heteroatoms. The summed E-state index contributed by atoms with van der Waals surface area (Å²) in [5.41, 5.74) is -0.822. The molecule has 1 fully saturated rings. The van der Waals surface area contributed by atoms with Gasteiger partial charge in [0.2, 0.25) is 0 Å². The van der Waals surface area contributed by atoms with Crippen molar-refractivity contribution in [1.82, 2.24) is 10.6 Å². The second kappa shape index (κ2) is 6.79. The fraction of sp³-hybridized carbons (Fsp3) is 0.500. The second-order valence-electron chi connectivity index (χ2n) is 5.03. The fourth-order valence-electron chi connectivity index (χ4n) is 2.35. The molecule has 1 atom stereocenters. The van der Waals surface area contributed by atoms with Gasteiger partial charge in [-0.3, -0.25) is 4.79 Å². The first kappa shape index (κ1) is 16.3. The van der Waals surface area contributed by atoms with Gasteiger partial charge in [0, 0.05) is 22.6 Å². The molecule has 1 aromatic rings. The zero-order chi connectivity index (χ0) is 15.5. The van der Waals surface area contributed by atoms with E-state index in [4.69, 9.17) is 0 Å². The van der Waals surface area contributed by atoms with E-state index in [2.05, 4.69) is 26.6 Å². The van der Waals surface area contributed by atoms with Crippen LogP contribution in [-0.2, 0) is 6.18 Å². The van der Waals surface area contributed by atoms with E-state index in [-0.39, 0.29) is 10.0 Å². The summed E-state index contributed by atoms with van der Waals surface area (Å²) in [4.78, 5) is 11.9. The topological polar surface area (TPSA) is 41.1 Å². The number of benzene rings is 1. The molecule has 21 heavy (non-hydrogen) atoms. The number of carbonyl (C=O) groups is 1. The van der Waals surface area contributed by atoms with Crippen molar-refractivity contribution < 1.29 is 18.0 Å². The van der Waals surface area contributed by atoms with Crippen LogP contribution >= 0.6 is 15.9 Å². The normalized spacial score (nSPS) is 18.8. The lowest BCUT2D eigenvalue weighted by molar-refractivity contribution is -0.138. The van der Waals surface area contributed by atoms with E-state index in [9.17, 15) is 18.0 Å². The first-order chi connectivity index (χ1) is 9.88. The molecule has 0 aromatic heterocycles. The molecule has 0 radical (unpaired) electrons. The Kier molecular flexibility index (Phi) is 5.27. The Morgan fingerprint density at radius 2 is 2.19 bits per heavy atom. The Morgan fingerprint density at radius 3 is 2.81 bits per heavy atom. The highest BCUT2D eigenvalue weighted by molar-refractivity contribution is 9.10. The van der Waals surface area contributed by atoms with Crippen LogP contribution in [0, 0.1) is 0 Å². The van der Waals surface area contributed by atoms with Crippen molar-refractivity contribution in [2.45, 2.75) is 31.5 Å². The van der Waals surface area contributed by atoms with Crippen molar-refractivity contribution in [2.75, 3.05) is 13.1 Å². The van der Waals surface area contributed by atoms with Crippen LogP contribution in [-0.4, -0.2) is 25.0 Å². The highest BCUT2D eigenvalue weighted by Crippen LogP contribution is 2.35. The van der Waals surface area contributed by atoms with E-state index in [0.29, 0.717) is 12.6 Å². The Bertz CT molecular complexity index is 513. The molecule has 2 N–H and O–H groups in total. The van der Waals surface area contributed by atoms with Crippen molar-refractivity contribution in [3.63, 3.8) is 0 Å². The van der Waals surface area contributed by atoms with E-state index in [1.165, 1.54) is 12.1 Å². The first-order valence-corrected chi connectivity index (χ1v) is 7.55. The lowest BCUT2D eigenvalue weighted by Gasteiger charge is -2.13. The Labute approximate surface area is 129 Å². The number of halogens is 4. The fourth-order valence-corrected chi connectivity index (χ4v) is 2.82. The van der Waals surface area contributed by atoms with Gasteiger partial charge in [0.15, 0.2) is 0 Å². The molecule has 1 saturated heterocycles. The molecule has 0 saturated carbocycles. The number of hydrogen-bond acceptors (Lipinski definition) is 2. The summed E-state index contributed by atoms with van der Waals surface area (Å²) in [5.74, 6) is -0.481. The average molecular weight is 365 g/mol. The maximum Gasteiger partial charge on any atom is 0.417 e. The van der Waals surface area contributed by atoms with Gasteiger partial charge < -0.3 is 10.6 Å². The van der Waals surface area contributed by atoms with Gasteiger partial charge in [0.25, 0.3) is 5.91 Å². The molecule has 0 spiro atoms. The van der Waals surface area contributed by atoms with Crippen molar-refractivity contribution in [3.05, 3.63) is 33.8 Å². The lowest BCUT2D eigenvalue weighted by atomic mass is 10.1. The summed E-state index contributed by atoms with van der Waals surface area (Å²) in [6, 6.07) is 3.88. The predicted molar refractivity (Wildman–Crippen MR) is 77.1 cm³/mol. The van der Waals surface area contributed by atoms with Crippen LogP contribution in [0.25, 0.3) is 0 Å². The minimum Gasteiger partial charge on any atom is -0.352 e. The van der Waals surface area contributed by atoms with Crippen LogP contribution in [0.5, 0.6) is 0 Å². The van der Waals surface area contributed by atoms with Gasteiger partial charge >= 0.3 is 6.18 Å². The van der Waals surface area contributed by atoms with Gasteiger partial charge in [-0.25, -0.2) is 0 Å². The molecule has 1 aliphatic rings. The first-order valence-electron chi connectivity index (χ1n) is 6.76. The van der Waals surface area contributed by atoms with E-state index in [1.54, 1.807) is 0 Å². The molecule has 2 rings (SSSR count). The van der Waals surface area contributed by atoms with Crippen LogP contribution < -0.4 is 10.6 Å². The molecule has 0 bridgehead atoms. The molecule has 116 valence electrons. The largest absolute Gasteiger partial charge is 0.417 e. The van der Waals surface area contributed by atoms with Crippen LogP contribution in [0.3, 0.4) is 0 Å². The summed E-state index contributed by atoms with van der Waals surface area (Å²) in [7, 11) is 0. The summed E-state index contributed by atoms with van der Waals surface area (Å²) in [6.45, 7) is 1.44. The van der Waals surface area contributed by atoms with Gasteiger partial charge in [-0.05, 0) is 44.0 Å². The molecule has 1 aliphatic heterocycles. The minimum absolute atomic E-state index is 0.0184. The smallest absolute Gasteiger partial charge is 0.352 e. The summed E-state index contributed by atoms with van der Waals surface area (Å²) >= 11 is 2.85. The minimum atomic E-state index is -4.48. The molecule has 3 nitrogen and oxygen atoms in total. The molecular formula is C14H16BrF3N2O. The number of amides is 1. The Morgan fingerprint density at radius 1 is 1.43 bits per heavy atom. The third-order valence-electron chi connectivity index (χ3n) is 3.47. The highest BCUT2D eigenvalue weighted by atomic mass is 79.9. The van der Waals surface area contributed by atoms with Gasteiger partial charge in [-0.2, -0.15) is 13.2 Å². The van der Waals surface area contributed by atoms with E-state index in [0.717, 1.165) is 31.9 Å². The summed E-state index contributed by atoms with van der Waals surface area (Å²) < 4.78 is 38.3. The molecule has 0 unspecified atom stereocenters. The van der Waals surface area contributed by atoms with Crippen LogP contribution in [0.4, 0.5) is 13.2 Å². The maximum absolute atomic E-state index is 12.8. The summed E-state index contributed by atoms with van der Waals surface area (Å²) in [5, 5.41) is 5.96. The van der Waals surface area contributed by atoms with Gasteiger partial charge in [0.05, 0.1) is 5.56 Å². The average Bonchev–Trinajstić information content (AvgIpc) is 2.91. The van der Waals surface area contributed by atoms with E-state index < -0.39 is 17.6 Å². The second-order valence-corrected chi connectivity index (χ2v) is 5.88. The zero-order valence-electron chi connectivity index (χ0n) is 11.3. The van der Waals surface area contributed by atoms with Gasteiger partial charge in [0.1, 0.15) is 0 Å². The Hall–Kier alpha value is -1.08. The standard InChI is InChI=1S/C14H16BrF3N2O/c15-12-4-3-9(8-11(12)14(16,17)18)13(21)20-7-5-10-2-1-6-19-10/h3-4,8,10,19H,1-2,5-7H2,(H,20,21)/t10-/m0/s1. The number of carbonyl (C=O) groups excluding carboxylic acids is 1. The van der Waals surface area contributed by atoms with E-state index >= 15 is 0 Å². The van der Waals surface area contributed by atoms with Gasteiger partial charge in [-0.1, -0.05) is 15.9 Å². The molecule has 0 aliphatic carbocycles. The third-order valence-corrected chi connectivity index (χ3v) is 4.17. The highest BCUT2D eigenvalue weighted by Gasteiger charge is 2.33. The van der Waals surface area contributed by atoms with Crippen LogP contribution in [0.1, 0.15) is 35.2 Å². The number of nitrogens with one attached hydrogen (secondary N) is 2. The van der Waals surface area contributed by atoms with Crippen LogP contribution in [0.15, 0.2) is 22.7 Å². The van der Waals surface area contributed by atoms with Crippen LogP contribution in [0.2, 0.25) is 0 Å². The predicted octanol–water partition coefficient (Wildman–Crippen LogP) is 3.34. The van der Waals surface area contributed by atoms with Gasteiger partial charge in [-0.15, -0.1) is 0 Å². The molecule has 1 heterocycles. The van der Waals surface area contributed by atoms with Crippen molar-refractivity contribution in [3.8, 4) is 0 Å². The zero-order valence-corrected chi connectivity index (χ0v) is 12.9. The molecular weight excluding hydrogens is 349 g/mol. The van der Waals surface area contributed by atoms with Crippen molar-refractivity contribution >= 4 is 21.8 Å². The number of alkyl halides is 3. The third kappa shape index (κ3) is 4.44. The lowest BCUT2D eigenvalue weighted by Crippen LogP contribution is -2.30. The SMILES string of the molecule is O=C(NCC[C@@H]1CCCN1)c1ccc(Br)c(C(F)(F)F)c1. The molecule has 1 amide bonds.